The van der Waals surface area contributed by atoms with Crippen molar-refractivity contribution < 1.29 is 8.42 Å². The molecule has 1 N–H and O–H groups in total. The maximum atomic E-state index is 11.7. The van der Waals surface area contributed by atoms with E-state index in [2.05, 4.69) is 25.3 Å². The molecule has 3 heterocycles. The van der Waals surface area contributed by atoms with Crippen molar-refractivity contribution in [3.63, 3.8) is 0 Å². The number of anilines is 2. The van der Waals surface area contributed by atoms with E-state index >= 15 is 0 Å². The van der Waals surface area contributed by atoms with E-state index in [1.807, 2.05) is 32.9 Å². The van der Waals surface area contributed by atoms with Gasteiger partial charge in [0.1, 0.15) is 11.6 Å². The quantitative estimate of drug-likeness (QED) is 0.883. The molecule has 1 saturated heterocycles. The van der Waals surface area contributed by atoms with Crippen LogP contribution in [0.15, 0.2) is 12.1 Å². The number of rotatable bonds is 4. The smallest absolute Gasteiger partial charge is 0.228 e. The molecule has 25 heavy (non-hydrogen) atoms. The average molecular weight is 362 g/mol. The Labute approximate surface area is 147 Å². The number of aromatic nitrogens is 4. The van der Waals surface area contributed by atoms with Gasteiger partial charge in [0, 0.05) is 42.2 Å². The number of sulfonamides is 1. The van der Waals surface area contributed by atoms with Crippen molar-refractivity contribution in [3.05, 3.63) is 35.0 Å². The highest BCUT2D eigenvalue weighted by Gasteiger charge is 2.31. The van der Waals surface area contributed by atoms with Crippen molar-refractivity contribution in [2.24, 2.45) is 0 Å². The van der Waals surface area contributed by atoms with E-state index < -0.39 is 10.0 Å². The van der Waals surface area contributed by atoms with E-state index in [4.69, 9.17) is 0 Å². The highest BCUT2D eigenvalue weighted by Crippen LogP contribution is 2.27. The largest absolute Gasteiger partial charge is 0.309 e. The Kier molecular flexibility index (Phi) is 4.70. The predicted molar refractivity (Wildman–Crippen MR) is 95.3 cm³/mol. The minimum Gasteiger partial charge on any atom is -0.309 e. The van der Waals surface area contributed by atoms with E-state index in [-0.39, 0.29) is 5.92 Å². The van der Waals surface area contributed by atoms with Gasteiger partial charge in [-0.05, 0) is 33.3 Å². The summed E-state index contributed by atoms with van der Waals surface area (Å²) in [6.45, 7) is 6.64. The van der Waals surface area contributed by atoms with Crippen molar-refractivity contribution in [2.75, 3.05) is 24.7 Å². The minimum absolute atomic E-state index is 0.00432. The van der Waals surface area contributed by atoms with Crippen LogP contribution in [0.3, 0.4) is 0 Å². The third kappa shape index (κ3) is 4.29. The second-order valence-corrected chi connectivity index (χ2v) is 8.44. The minimum atomic E-state index is -3.18. The fraction of sp³-hybridized carbons (Fsp3) is 0.500. The summed E-state index contributed by atoms with van der Waals surface area (Å²) in [7, 11) is -3.18. The van der Waals surface area contributed by atoms with Gasteiger partial charge in [0.25, 0.3) is 0 Å². The van der Waals surface area contributed by atoms with Gasteiger partial charge in [0.15, 0.2) is 0 Å². The van der Waals surface area contributed by atoms with Crippen LogP contribution in [0.2, 0.25) is 0 Å². The van der Waals surface area contributed by atoms with Crippen LogP contribution < -0.4 is 5.32 Å². The molecule has 2 aromatic heterocycles. The lowest BCUT2D eigenvalue weighted by Crippen LogP contribution is -2.27. The fourth-order valence-electron chi connectivity index (χ4n) is 2.97. The van der Waals surface area contributed by atoms with E-state index in [1.165, 1.54) is 10.6 Å². The molecule has 1 aliphatic rings. The normalized spacial score (nSPS) is 18.5. The maximum Gasteiger partial charge on any atom is 0.228 e. The van der Waals surface area contributed by atoms with Crippen LogP contribution in [-0.2, 0) is 10.0 Å². The van der Waals surface area contributed by atoms with Gasteiger partial charge in [0.05, 0.1) is 6.26 Å². The lowest BCUT2D eigenvalue weighted by molar-refractivity contribution is 0.476. The van der Waals surface area contributed by atoms with Gasteiger partial charge in [-0.25, -0.2) is 32.7 Å². The van der Waals surface area contributed by atoms with Gasteiger partial charge >= 0.3 is 0 Å². The number of nitrogens with zero attached hydrogens (tertiary/aromatic N) is 5. The van der Waals surface area contributed by atoms with Crippen LogP contribution in [0.1, 0.15) is 35.2 Å². The van der Waals surface area contributed by atoms with Crippen molar-refractivity contribution in [2.45, 2.75) is 33.1 Å². The average Bonchev–Trinajstić information content (AvgIpc) is 2.95. The molecule has 0 saturated carbocycles. The molecule has 1 aliphatic heterocycles. The zero-order valence-electron chi connectivity index (χ0n) is 14.8. The summed E-state index contributed by atoms with van der Waals surface area (Å²) in [5, 5.41) is 3.13. The molecule has 0 radical (unpaired) electrons. The molecule has 2 aromatic rings. The van der Waals surface area contributed by atoms with Gasteiger partial charge in [-0.15, -0.1) is 0 Å². The summed E-state index contributed by atoms with van der Waals surface area (Å²) in [5.74, 6) is 1.75. The Bertz CT molecular complexity index is 879. The molecule has 0 aliphatic carbocycles. The first-order valence-electron chi connectivity index (χ1n) is 8.11. The summed E-state index contributed by atoms with van der Waals surface area (Å²) in [6, 6.07) is 3.73. The lowest BCUT2D eigenvalue weighted by Gasteiger charge is -2.14. The number of nitrogens with one attached hydrogen (secondary N) is 1. The molecule has 3 rings (SSSR count). The van der Waals surface area contributed by atoms with Crippen molar-refractivity contribution in [3.8, 4) is 0 Å². The van der Waals surface area contributed by atoms with Gasteiger partial charge in [-0.2, -0.15) is 0 Å². The molecular weight excluding hydrogens is 340 g/mol. The molecule has 8 nitrogen and oxygen atoms in total. The standard InChI is InChI=1S/C16H22N6O2S/c1-10-7-11(2)19-16(18-10)21-14-8-12(3)17-15(20-14)13-5-6-22(9-13)25(4,23)24/h7-8,13H,5-6,9H2,1-4H3,(H,17,18,19,20,21). The van der Waals surface area contributed by atoms with Crippen molar-refractivity contribution in [1.29, 1.82) is 0 Å². The molecule has 0 amide bonds. The molecule has 0 aromatic carbocycles. The fourth-order valence-corrected chi connectivity index (χ4v) is 3.86. The first-order chi connectivity index (χ1) is 11.7. The molecule has 1 atom stereocenters. The molecule has 0 spiro atoms. The van der Waals surface area contributed by atoms with Crippen LogP contribution in [0.5, 0.6) is 0 Å². The van der Waals surface area contributed by atoms with Gasteiger partial charge < -0.3 is 5.32 Å². The number of aryl methyl sites for hydroxylation is 3. The zero-order valence-corrected chi connectivity index (χ0v) is 15.6. The monoisotopic (exact) mass is 362 g/mol. The second-order valence-electron chi connectivity index (χ2n) is 6.46. The molecule has 0 bridgehead atoms. The SMILES string of the molecule is Cc1cc(C)nc(Nc2cc(C)nc(C3CCN(S(C)(=O)=O)C3)n2)n1. The first kappa shape index (κ1) is 17.7. The third-order valence-corrected chi connectivity index (χ3v) is 5.35. The molecule has 9 heteroatoms. The number of hydrogen-bond donors (Lipinski definition) is 1. The maximum absolute atomic E-state index is 11.7. The van der Waals surface area contributed by atoms with Crippen LogP contribution in [0, 0.1) is 20.8 Å². The highest BCUT2D eigenvalue weighted by molar-refractivity contribution is 7.88. The van der Waals surface area contributed by atoms with Crippen LogP contribution in [0.4, 0.5) is 11.8 Å². The lowest BCUT2D eigenvalue weighted by atomic mass is 10.1. The van der Waals surface area contributed by atoms with Crippen LogP contribution in [-0.4, -0.2) is 52.0 Å². The Morgan fingerprint density at radius 1 is 1.04 bits per heavy atom. The van der Waals surface area contributed by atoms with Crippen molar-refractivity contribution in [1.82, 2.24) is 24.2 Å². The summed E-state index contributed by atoms with van der Waals surface area (Å²) < 4.78 is 24.9. The predicted octanol–water partition coefficient (Wildman–Crippen LogP) is 1.68. The molecule has 134 valence electrons. The van der Waals surface area contributed by atoms with E-state index in [0.29, 0.717) is 30.7 Å². The van der Waals surface area contributed by atoms with Gasteiger partial charge in [-0.1, -0.05) is 0 Å². The van der Waals surface area contributed by atoms with Crippen LogP contribution >= 0.6 is 0 Å². The Morgan fingerprint density at radius 3 is 2.28 bits per heavy atom. The zero-order chi connectivity index (χ0) is 18.2. The summed E-state index contributed by atoms with van der Waals surface area (Å²) in [4.78, 5) is 17.8. The Morgan fingerprint density at radius 2 is 1.68 bits per heavy atom. The molecule has 1 unspecified atom stereocenters. The van der Waals surface area contributed by atoms with Gasteiger partial charge in [0.2, 0.25) is 16.0 Å². The van der Waals surface area contributed by atoms with E-state index in [1.54, 1.807) is 0 Å². The van der Waals surface area contributed by atoms with Gasteiger partial charge in [-0.3, -0.25) is 0 Å². The summed E-state index contributed by atoms with van der Waals surface area (Å²) in [6.07, 6.45) is 1.95. The number of hydrogen-bond acceptors (Lipinski definition) is 7. The molecule has 1 fully saturated rings. The Balaban J connectivity index is 1.84. The third-order valence-electron chi connectivity index (χ3n) is 4.08. The Hall–Kier alpha value is -2.13. The van der Waals surface area contributed by atoms with E-state index in [9.17, 15) is 8.42 Å². The second kappa shape index (κ2) is 6.64. The first-order valence-corrected chi connectivity index (χ1v) is 9.95. The summed E-state index contributed by atoms with van der Waals surface area (Å²) >= 11 is 0. The molecular formula is C16H22N6O2S. The summed E-state index contributed by atoms with van der Waals surface area (Å²) in [5.41, 5.74) is 2.57. The van der Waals surface area contributed by atoms with E-state index in [0.717, 1.165) is 23.5 Å². The highest BCUT2D eigenvalue weighted by atomic mass is 32.2. The topological polar surface area (TPSA) is 101 Å². The van der Waals surface area contributed by atoms with Crippen LogP contribution in [0.25, 0.3) is 0 Å². The van der Waals surface area contributed by atoms with Crippen molar-refractivity contribution >= 4 is 21.8 Å².